The number of ether oxygens (including phenoxy) is 1. The van der Waals surface area contributed by atoms with Crippen molar-refractivity contribution in [3.63, 3.8) is 0 Å². The maximum absolute atomic E-state index is 13.3. The summed E-state index contributed by atoms with van der Waals surface area (Å²) in [6, 6.07) is 6.47. The lowest BCUT2D eigenvalue weighted by Gasteiger charge is -2.15. The Balaban J connectivity index is 1.97. The van der Waals surface area contributed by atoms with Crippen LogP contribution in [0.5, 0.6) is 0 Å². The van der Waals surface area contributed by atoms with E-state index in [0.29, 0.717) is 6.61 Å². The molecule has 3 aromatic rings. The van der Waals surface area contributed by atoms with Gasteiger partial charge in [-0.1, -0.05) is 12.1 Å². The first-order valence-electron chi connectivity index (χ1n) is 7.91. The second kappa shape index (κ2) is 5.74. The number of nitrogens with zero attached hydrogens (tertiary/aromatic N) is 3. The Hall–Kier alpha value is -2.27. The first-order chi connectivity index (χ1) is 11.3. The van der Waals surface area contributed by atoms with Crippen LogP contribution in [0.3, 0.4) is 0 Å². The SMILES string of the molecule is COCc1nn2c3c(cnc2c1-c1ccc(F)cc1)CCCC3. The fourth-order valence-corrected chi connectivity index (χ4v) is 3.34. The van der Waals surface area contributed by atoms with Crippen molar-refractivity contribution in [3.8, 4) is 11.1 Å². The zero-order valence-corrected chi connectivity index (χ0v) is 13.1. The molecule has 0 aliphatic heterocycles. The van der Waals surface area contributed by atoms with Gasteiger partial charge >= 0.3 is 0 Å². The molecular weight excluding hydrogens is 293 g/mol. The Morgan fingerprint density at radius 3 is 2.74 bits per heavy atom. The van der Waals surface area contributed by atoms with Gasteiger partial charge < -0.3 is 4.74 Å². The molecule has 2 aromatic heterocycles. The van der Waals surface area contributed by atoms with Crippen LogP contribution in [0.4, 0.5) is 4.39 Å². The van der Waals surface area contributed by atoms with Crippen LogP contribution in [0.25, 0.3) is 16.8 Å². The van der Waals surface area contributed by atoms with Gasteiger partial charge in [0.15, 0.2) is 5.65 Å². The van der Waals surface area contributed by atoms with Gasteiger partial charge in [0.05, 0.1) is 17.9 Å². The third-order valence-electron chi connectivity index (χ3n) is 4.43. The van der Waals surface area contributed by atoms with Gasteiger partial charge in [-0.15, -0.1) is 0 Å². The smallest absolute Gasteiger partial charge is 0.163 e. The summed E-state index contributed by atoms with van der Waals surface area (Å²) in [6.07, 6.45) is 6.43. The summed E-state index contributed by atoms with van der Waals surface area (Å²) in [5.41, 5.74) is 6.03. The van der Waals surface area contributed by atoms with E-state index in [1.807, 2.05) is 10.7 Å². The van der Waals surface area contributed by atoms with Crippen molar-refractivity contribution in [2.75, 3.05) is 7.11 Å². The summed E-state index contributed by atoms with van der Waals surface area (Å²) in [5.74, 6) is -0.246. The molecule has 0 fully saturated rings. The van der Waals surface area contributed by atoms with E-state index in [9.17, 15) is 4.39 Å². The number of hydrogen-bond donors (Lipinski definition) is 0. The van der Waals surface area contributed by atoms with E-state index in [0.717, 1.165) is 35.3 Å². The van der Waals surface area contributed by atoms with Crippen LogP contribution in [0, 0.1) is 5.82 Å². The number of aryl methyl sites for hydroxylation is 2. The van der Waals surface area contributed by atoms with Crippen LogP contribution < -0.4 is 0 Å². The van der Waals surface area contributed by atoms with E-state index >= 15 is 0 Å². The molecule has 4 nitrogen and oxygen atoms in total. The summed E-state index contributed by atoms with van der Waals surface area (Å²) in [4.78, 5) is 4.65. The van der Waals surface area contributed by atoms with Crippen LogP contribution in [-0.4, -0.2) is 21.7 Å². The van der Waals surface area contributed by atoms with Crippen LogP contribution in [0.15, 0.2) is 30.5 Å². The third-order valence-corrected chi connectivity index (χ3v) is 4.43. The lowest BCUT2D eigenvalue weighted by Crippen LogP contribution is -2.10. The van der Waals surface area contributed by atoms with Crippen LogP contribution in [0.1, 0.15) is 29.8 Å². The molecule has 4 rings (SSSR count). The first-order valence-corrected chi connectivity index (χ1v) is 7.91. The minimum atomic E-state index is -0.246. The van der Waals surface area contributed by atoms with Gasteiger partial charge in [0, 0.05) is 19.0 Å². The summed E-state index contributed by atoms with van der Waals surface area (Å²) in [5, 5.41) is 4.75. The highest BCUT2D eigenvalue weighted by atomic mass is 19.1. The zero-order valence-electron chi connectivity index (χ0n) is 13.1. The predicted molar refractivity (Wildman–Crippen MR) is 85.7 cm³/mol. The molecule has 0 spiro atoms. The molecule has 0 unspecified atom stereocenters. The van der Waals surface area contributed by atoms with E-state index in [2.05, 4.69) is 4.98 Å². The van der Waals surface area contributed by atoms with Crippen molar-refractivity contribution >= 4 is 5.65 Å². The fourth-order valence-electron chi connectivity index (χ4n) is 3.34. The Labute approximate surface area is 133 Å². The molecule has 0 bridgehead atoms. The maximum Gasteiger partial charge on any atom is 0.163 e. The van der Waals surface area contributed by atoms with Gasteiger partial charge in [-0.2, -0.15) is 5.10 Å². The van der Waals surface area contributed by atoms with Crippen molar-refractivity contribution in [2.45, 2.75) is 32.3 Å². The van der Waals surface area contributed by atoms with Gasteiger partial charge in [0.1, 0.15) is 5.82 Å². The number of benzene rings is 1. The quantitative estimate of drug-likeness (QED) is 0.742. The van der Waals surface area contributed by atoms with E-state index in [1.54, 1.807) is 19.2 Å². The normalized spacial score (nSPS) is 14.2. The number of hydrogen-bond acceptors (Lipinski definition) is 3. The highest BCUT2D eigenvalue weighted by Crippen LogP contribution is 2.31. The van der Waals surface area contributed by atoms with Crippen LogP contribution in [-0.2, 0) is 24.2 Å². The topological polar surface area (TPSA) is 39.4 Å². The Kier molecular flexibility index (Phi) is 3.58. The van der Waals surface area contributed by atoms with Crippen LogP contribution >= 0.6 is 0 Å². The Morgan fingerprint density at radius 2 is 1.96 bits per heavy atom. The van der Waals surface area contributed by atoms with Gasteiger partial charge in [-0.3, -0.25) is 0 Å². The minimum absolute atomic E-state index is 0.246. The van der Waals surface area contributed by atoms with E-state index in [1.165, 1.54) is 36.2 Å². The lowest BCUT2D eigenvalue weighted by atomic mass is 9.97. The largest absolute Gasteiger partial charge is 0.378 e. The fraction of sp³-hybridized carbons (Fsp3) is 0.333. The van der Waals surface area contributed by atoms with Crippen molar-refractivity contribution in [1.82, 2.24) is 14.6 Å². The van der Waals surface area contributed by atoms with Crippen molar-refractivity contribution in [2.24, 2.45) is 0 Å². The van der Waals surface area contributed by atoms with Crippen molar-refractivity contribution < 1.29 is 9.13 Å². The zero-order chi connectivity index (χ0) is 15.8. The molecule has 0 saturated heterocycles. The molecule has 1 aromatic carbocycles. The monoisotopic (exact) mass is 311 g/mol. The van der Waals surface area contributed by atoms with Crippen molar-refractivity contribution in [1.29, 1.82) is 0 Å². The lowest BCUT2D eigenvalue weighted by molar-refractivity contribution is 0.181. The molecule has 0 amide bonds. The predicted octanol–water partition coefficient (Wildman–Crippen LogP) is 3.56. The van der Waals surface area contributed by atoms with Gasteiger partial charge in [-0.05, 0) is 48.9 Å². The number of methoxy groups -OCH3 is 1. The summed E-state index contributed by atoms with van der Waals surface area (Å²) < 4.78 is 20.5. The Morgan fingerprint density at radius 1 is 1.17 bits per heavy atom. The molecule has 118 valence electrons. The number of halogens is 1. The van der Waals surface area contributed by atoms with E-state index in [4.69, 9.17) is 9.84 Å². The van der Waals surface area contributed by atoms with E-state index < -0.39 is 0 Å². The molecule has 23 heavy (non-hydrogen) atoms. The standard InChI is InChI=1S/C18H18FN3O/c1-23-11-15-17(12-6-8-14(19)9-7-12)18-20-10-13-4-2-3-5-16(13)22(18)21-15/h6-10H,2-5,11H2,1H3. The highest BCUT2D eigenvalue weighted by Gasteiger charge is 2.21. The van der Waals surface area contributed by atoms with Crippen molar-refractivity contribution in [3.05, 3.63) is 53.2 Å². The molecular formula is C18H18FN3O. The van der Waals surface area contributed by atoms with Gasteiger partial charge in [0.2, 0.25) is 0 Å². The average molecular weight is 311 g/mol. The summed E-state index contributed by atoms with van der Waals surface area (Å²) in [6.45, 7) is 0.408. The third kappa shape index (κ3) is 2.41. The minimum Gasteiger partial charge on any atom is -0.378 e. The molecule has 2 heterocycles. The number of aromatic nitrogens is 3. The highest BCUT2D eigenvalue weighted by molar-refractivity contribution is 5.80. The summed E-state index contributed by atoms with van der Waals surface area (Å²) >= 11 is 0. The maximum atomic E-state index is 13.3. The molecule has 0 atom stereocenters. The number of fused-ring (bicyclic) bond motifs is 3. The molecule has 1 aliphatic carbocycles. The molecule has 1 aliphatic rings. The van der Waals surface area contributed by atoms with Gasteiger partial charge in [-0.25, -0.2) is 13.9 Å². The second-order valence-electron chi connectivity index (χ2n) is 5.93. The second-order valence-corrected chi connectivity index (χ2v) is 5.93. The Bertz CT molecular complexity index is 855. The van der Waals surface area contributed by atoms with Gasteiger partial charge in [0.25, 0.3) is 0 Å². The average Bonchev–Trinajstić information content (AvgIpc) is 2.95. The number of rotatable bonds is 3. The molecule has 0 radical (unpaired) electrons. The summed E-state index contributed by atoms with van der Waals surface area (Å²) in [7, 11) is 1.65. The molecule has 0 saturated carbocycles. The molecule has 5 heteroatoms. The van der Waals surface area contributed by atoms with Crippen LogP contribution in [0.2, 0.25) is 0 Å². The molecule has 0 N–H and O–H groups in total. The van der Waals surface area contributed by atoms with E-state index in [-0.39, 0.29) is 5.82 Å². The first kappa shape index (κ1) is 14.3.